The van der Waals surface area contributed by atoms with Crippen molar-refractivity contribution in [2.45, 2.75) is 6.61 Å². The van der Waals surface area contributed by atoms with E-state index in [-0.39, 0.29) is 23.2 Å². The summed E-state index contributed by atoms with van der Waals surface area (Å²) in [6, 6.07) is 18.7. The molecule has 0 fully saturated rings. The summed E-state index contributed by atoms with van der Waals surface area (Å²) in [5.41, 5.74) is 2.28. The predicted molar refractivity (Wildman–Crippen MR) is 104 cm³/mol. The Balaban J connectivity index is 1.44. The van der Waals surface area contributed by atoms with Gasteiger partial charge >= 0.3 is 5.97 Å². The van der Waals surface area contributed by atoms with E-state index in [0.29, 0.717) is 17.9 Å². The number of cyclic esters (lactones) is 1. The van der Waals surface area contributed by atoms with E-state index in [1.54, 1.807) is 42.5 Å². The van der Waals surface area contributed by atoms with Gasteiger partial charge in [-0.2, -0.15) is 0 Å². The SMILES string of the molecule is O=C1OC(c2ccc(F)cc2)=NC1=Cc1ccc(OCc2ccc(F)cc2)cc1. The van der Waals surface area contributed by atoms with Crippen LogP contribution in [0.4, 0.5) is 8.78 Å². The number of carbonyl (C=O) groups is 1. The van der Waals surface area contributed by atoms with Crippen molar-refractivity contribution < 1.29 is 23.0 Å². The summed E-state index contributed by atoms with van der Waals surface area (Å²) in [4.78, 5) is 16.2. The highest BCUT2D eigenvalue weighted by molar-refractivity contribution is 6.12. The van der Waals surface area contributed by atoms with E-state index in [4.69, 9.17) is 9.47 Å². The first-order valence-corrected chi connectivity index (χ1v) is 8.83. The lowest BCUT2D eigenvalue weighted by molar-refractivity contribution is -0.129. The second-order valence-corrected chi connectivity index (χ2v) is 6.33. The standard InChI is InChI=1S/C23H15F2NO3/c24-18-7-1-16(2-8-18)14-28-20-11-3-15(4-12-20)13-21-23(27)29-22(26-21)17-5-9-19(25)10-6-17/h1-13H,14H2. The zero-order valence-electron chi connectivity index (χ0n) is 15.1. The van der Waals surface area contributed by atoms with Crippen LogP contribution >= 0.6 is 0 Å². The second-order valence-electron chi connectivity index (χ2n) is 6.33. The van der Waals surface area contributed by atoms with Crippen LogP contribution in [-0.2, 0) is 16.1 Å². The lowest BCUT2D eigenvalue weighted by Crippen LogP contribution is -2.05. The summed E-state index contributed by atoms with van der Waals surface area (Å²) < 4.78 is 36.8. The minimum Gasteiger partial charge on any atom is -0.489 e. The van der Waals surface area contributed by atoms with Crippen molar-refractivity contribution in [1.29, 1.82) is 0 Å². The fourth-order valence-electron chi connectivity index (χ4n) is 2.69. The number of benzene rings is 3. The first kappa shape index (κ1) is 18.6. The van der Waals surface area contributed by atoms with Crippen LogP contribution in [0.3, 0.4) is 0 Å². The van der Waals surface area contributed by atoms with Crippen molar-refractivity contribution >= 4 is 17.9 Å². The number of hydrogen-bond acceptors (Lipinski definition) is 4. The predicted octanol–water partition coefficient (Wildman–Crippen LogP) is 4.89. The van der Waals surface area contributed by atoms with Gasteiger partial charge in [-0.05, 0) is 65.7 Å². The van der Waals surface area contributed by atoms with E-state index in [1.807, 2.05) is 0 Å². The number of rotatable bonds is 5. The molecule has 0 aliphatic carbocycles. The Kier molecular flexibility index (Phi) is 5.16. The maximum absolute atomic E-state index is 13.0. The third-order valence-corrected chi connectivity index (χ3v) is 4.21. The van der Waals surface area contributed by atoms with E-state index in [9.17, 15) is 13.6 Å². The van der Waals surface area contributed by atoms with Crippen LogP contribution in [-0.4, -0.2) is 11.9 Å². The van der Waals surface area contributed by atoms with Gasteiger partial charge in [-0.3, -0.25) is 0 Å². The second kappa shape index (κ2) is 8.06. The van der Waals surface area contributed by atoms with Crippen molar-refractivity contribution in [2.75, 3.05) is 0 Å². The van der Waals surface area contributed by atoms with Crippen LogP contribution < -0.4 is 4.74 Å². The maximum Gasteiger partial charge on any atom is 0.363 e. The minimum atomic E-state index is -0.569. The molecule has 144 valence electrons. The molecule has 3 aromatic carbocycles. The smallest absolute Gasteiger partial charge is 0.363 e. The molecule has 1 aliphatic heterocycles. The monoisotopic (exact) mass is 391 g/mol. The zero-order valence-corrected chi connectivity index (χ0v) is 15.1. The Labute approximate surface area is 165 Å². The first-order chi connectivity index (χ1) is 14.1. The van der Waals surface area contributed by atoms with Gasteiger partial charge in [-0.25, -0.2) is 18.6 Å². The van der Waals surface area contributed by atoms with Gasteiger partial charge in [0.25, 0.3) is 0 Å². The molecule has 0 N–H and O–H groups in total. The molecule has 6 heteroatoms. The molecule has 4 nitrogen and oxygen atoms in total. The molecule has 0 bridgehead atoms. The molecular formula is C23H15F2NO3. The van der Waals surface area contributed by atoms with Crippen LogP contribution in [0.25, 0.3) is 6.08 Å². The molecule has 0 saturated carbocycles. The Morgan fingerprint density at radius 3 is 2.14 bits per heavy atom. The van der Waals surface area contributed by atoms with Crippen molar-refractivity contribution in [3.63, 3.8) is 0 Å². The van der Waals surface area contributed by atoms with Crippen LogP contribution in [0, 0.1) is 11.6 Å². The van der Waals surface area contributed by atoms with Crippen molar-refractivity contribution in [3.8, 4) is 5.75 Å². The number of hydrogen-bond donors (Lipinski definition) is 0. The quantitative estimate of drug-likeness (QED) is 0.460. The zero-order chi connectivity index (χ0) is 20.2. The number of halogens is 2. The Hall–Kier alpha value is -3.80. The van der Waals surface area contributed by atoms with Gasteiger partial charge in [0, 0.05) is 5.56 Å². The van der Waals surface area contributed by atoms with Crippen molar-refractivity contribution in [3.05, 3.63) is 107 Å². The van der Waals surface area contributed by atoms with Gasteiger partial charge < -0.3 is 9.47 Å². The molecular weight excluding hydrogens is 376 g/mol. The fraction of sp³-hybridized carbons (Fsp3) is 0.0435. The van der Waals surface area contributed by atoms with E-state index >= 15 is 0 Å². The molecule has 1 heterocycles. The number of carbonyl (C=O) groups excluding carboxylic acids is 1. The summed E-state index contributed by atoms with van der Waals surface area (Å²) >= 11 is 0. The summed E-state index contributed by atoms with van der Waals surface area (Å²) in [5.74, 6) is -0.458. The lowest BCUT2D eigenvalue weighted by Gasteiger charge is -2.06. The summed E-state index contributed by atoms with van der Waals surface area (Å²) in [6.07, 6.45) is 1.60. The normalized spacial score (nSPS) is 14.6. The van der Waals surface area contributed by atoms with E-state index in [2.05, 4.69) is 4.99 Å². The van der Waals surface area contributed by atoms with Gasteiger partial charge in [0.2, 0.25) is 5.90 Å². The van der Waals surface area contributed by atoms with Gasteiger partial charge in [-0.15, -0.1) is 0 Å². The number of ether oxygens (including phenoxy) is 2. The largest absolute Gasteiger partial charge is 0.489 e. The molecule has 3 aromatic rings. The molecule has 0 radical (unpaired) electrons. The third kappa shape index (κ3) is 4.55. The number of esters is 1. The molecule has 0 amide bonds. The molecule has 29 heavy (non-hydrogen) atoms. The molecule has 4 rings (SSSR count). The average molecular weight is 391 g/mol. The molecule has 0 atom stereocenters. The summed E-state index contributed by atoms with van der Waals surface area (Å²) in [5, 5.41) is 0. The van der Waals surface area contributed by atoms with E-state index in [1.165, 1.54) is 36.4 Å². The third-order valence-electron chi connectivity index (χ3n) is 4.21. The van der Waals surface area contributed by atoms with Gasteiger partial charge in [0.1, 0.15) is 24.0 Å². The van der Waals surface area contributed by atoms with Gasteiger partial charge in [0.05, 0.1) is 0 Å². The molecule has 1 aliphatic rings. The van der Waals surface area contributed by atoms with Crippen LogP contribution in [0.15, 0.2) is 83.5 Å². The van der Waals surface area contributed by atoms with Gasteiger partial charge in [-0.1, -0.05) is 24.3 Å². The fourth-order valence-corrected chi connectivity index (χ4v) is 2.69. The topological polar surface area (TPSA) is 47.9 Å². The summed E-state index contributed by atoms with van der Waals surface area (Å²) in [7, 11) is 0. The molecule has 0 unspecified atom stereocenters. The highest BCUT2D eigenvalue weighted by Crippen LogP contribution is 2.21. The number of aliphatic imine (C=N–C) groups is 1. The summed E-state index contributed by atoms with van der Waals surface area (Å²) in [6.45, 7) is 0.318. The molecule has 0 spiro atoms. The highest BCUT2D eigenvalue weighted by atomic mass is 19.1. The minimum absolute atomic E-state index is 0.139. The Morgan fingerprint density at radius 2 is 1.48 bits per heavy atom. The Morgan fingerprint density at radius 1 is 0.862 bits per heavy atom. The van der Waals surface area contributed by atoms with Crippen LogP contribution in [0.1, 0.15) is 16.7 Å². The molecule has 0 aromatic heterocycles. The van der Waals surface area contributed by atoms with Gasteiger partial charge in [0.15, 0.2) is 5.70 Å². The van der Waals surface area contributed by atoms with Crippen LogP contribution in [0.5, 0.6) is 5.75 Å². The Bertz CT molecular complexity index is 1090. The van der Waals surface area contributed by atoms with Crippen molar-refractivity contribution in [2.24, 2.45) is 4.99 Å². The van der Waals surface area contributed by atoms with Crippen molar-refractivity contribution in [1.82, 2.24) is 0 Å². The molecule has 0 saturated heterocycles. The average Bonchev–Trinajstić information content (AvgIpc) is 3.09. The first-order valence-electron chi connectivity index (χ1n) is 8.83. The van der Waals surface area contributed by atoms with E-state index in [0.717, 1.165) is 11.1 Å². The van der Waals surface area contributed by atoms with Crippen LogP contribution in [0.2, 0.25) is 0 Å². The highest BCUT2D eigenvalue weighted by Gasteiger charge is 2.24. The van der Waals surface area contributed by atoms with E-state index < -0.39 is 5.97 Å². The number of nitrogens with zero attached hydrogens (tertiary/aromatic N) is 1. The maximum atomic E-state index is 13.0. The lowest BCUT2D eigenvalue weighted by atomic mass is 10.2.